The fourth-order valence-corrected chi connectivity index (χ4v) is 3.96. The minimum atomic E-state index is -0.443. The lowest BCUT2D eigenvalue weighted by Gasteiger charge is -2.26. The summed E-state index contributed by atoms with van der Waals surface area (Å²) in [4.78, 5) is 39.4. The average Bonchev–Trinajstić information content (AvgIpc) is 3.55. The third-order valence-corrected chi connectivity index (χ3v) is 5.97. The van der Waals surface area contributed by atoms with E-state index in [1.165, 1.54) is 18.4 Å². The molecule has 8 nitrogen and oxygen atoms in total. The number of carbonyl (C=O) groups excluding carboxylic acids is 3. The van der Waals surface area contributed by atoms with Gasteiger partial charge in [-0.1, -0.05) is 19.9 Å². The molecule has 3 heterocycles. The van der Waals surface area contributed by atoms with E-state index in [4.69, 9.17) is 13.9 Å². The van der Waals surface area contributed by atoms with E-state index in [1.807, 2.05) is 32.0 Å². The highest BCUT2D eigenvalue weighted by atomic mass is 16.7. The van der Waals surface area contributed by atoms with Crippen LogP contribution in [0.2, 0.25) is 0 Å². The van der Waals surface area contributed by atoms with Crippen molar-refractivity contribution in [3.05, 3.63) is 82.8 Å². The van der Waals surface area contributed by atoms with Gasteiger partial charge in [-0.05, 0) is 48.0 Å². The highest BCUT2D eigenvalue weighted by Gasteiger charge is 2.36. The molecule has 1 N–H and O–H groups in total. The number of furan rings is 1. The Hall–Kier alpha value is -4.07. The summed E-state index contributed by atoms with van der Waals surface area (Å²) in [7, 11) is 0. The Morgan fingerprint density at radius 1 is 1.00 bits per heavy atom. The SMILES string of the molecule is CC(C)(CNC(=O)c1ccc2c(c1)C(=O)N(Cc1ccco1)C2=O)c1ccc2c(c1)OCO2. The van der Waals surface area contributed by atoms with Crippen LogP contribution in [0.15, 0.2) is 59.2 Å². The molecular formula is C25H22N2O6. The molecule has 0 aliphatic carbocycles. The lowest BCUT2D eigenvalue weighted by atomic mass is 9.84. The maximum Gasteiger partial charge on any atom is 0.261 e. The summed E-state index contributed by atoms with van der Waals surface area (Å²) in [5.74, 6) is 0.735. The molecule has 33 heavy (non-hydrogen) atoms. The third-order valence-electron chi connectivity index (χ3n) is 5.97. The monoisotopic (exact) mass is 446 g/mol. The summed E-state index contributed by atoms with van der Waals surface area (Å²) >= 11 is 0. The van der Waals surface area contributed by atoms with E-state index in [9.17, 15) is 14.4 Å². The fourth-order valence-electron chi connectivity index (χ4n) is 3.96. The first kappa shape index (κ1) is 20.8. The van der Waals surface area contributed by atoms with Gasteiger partial charge in [0.15, 0.2) is 11.5 Å². The zero-order valence-corrected chi connectivity index (χ0v) is 18.2. The number of hydrogen-bond acceptors (Lipinski definition) is 6. The number of benzene rings is 2. The Balaban J connectivity index is 1.29. The lowest BCUT2D eigenvalue weighted by Crippen LogP contribution is -2.36. The van der Waals surface area contributed by atoms with Crippen molar-refractivity contribution in [3.8, 4) is 11.5 Å². The Morgan fingerprint density at radius 3 is 2.58 bits per heavy atom. The molecule has 0 fully saturated rings. The quantitative estimate of drug-likeness (QED) is 0.582. The van der Waals surface area contributed by atoms with Crippen molar-refractivity contribution in [2.24, 2.45) is 0 Å². The van der Waals surface area contributed by atoms with Gasteiger partial charge < -0.3 is 19.2 Å². The first-order valence-corrected chi connectivity index (χ1v) is 10.5. The predicted molar refractivity (Wildman–Crippen MR) is 117 cm³/mol. The smallest absolute Gasteiger partial charge is 0.261 e. The van der Waals surface area contributed by atoms with Crippen LogP contribution in [0.25, 0.3) is 0 Å². The van der Waals surface area contributed by atoms with Gasteiger partial charge in [0.05, 0.1) is 23.9 Å². The van der Waals surface area contributed by atoms with Crippen molar-refractivity contribution in [2.45, 2.75) is 25.8 Å². The Labute approximate surface area is 190 Å². The Kier molecular flexibility index (Phi) is 4.92. The van der Waals surface area contributed by atoms with E-state index in [2.05, 4.69) is 5.32 Å². The van der Waals surface area contributed by atoms with E-state index >= 15 is 0 Å². The van der Waals surface area contributed by atoms with Gasteiger partial charge in [-0.25, -0.2) is 0 Å². The molecule has 1 aromatic heterocycles. The third kappa shape index (κ3) is 3.73. The van der Waals surface area contributed by atoms with E-state index < -0.39 is 11.8 Å². The van der Waals surface area contributed by atoms with Crippen molar-refractivity contribution < 1.29 is 28.3 Å². The van der Waals surface area contributed by atoms with Crippen LogP contribution in [0, 0.1) is 0 Å². The highest BCUT2D eigenvalue weighted by molar-refractivity contribution is 6.22. The summed E-state index contributed by atoms with van der Waals surface area (Å²) in [6.45, 7) is 4.64. The molecule has 168 valence electrons. The number of imide groups is 1. The molecule has 0 atom stereocenters. The van der Waals surface area contributed by atoms with Crippen molar-refractivity contribution in [1.82, 2.24) is 10.2 Å². The molecule has 2 aromatic carbocycles. The molecule has 2 aliphatic rings. The van der Waals surface area contributed by atoms with Crippen LogP contribution in [0.1, 0.15) is 56.2 Å². The number of rotatable bonds is 6. The topological polar surface area (TPSA) is 98.1 Å². The largest absolute Gasteiger partial charge is 0.467 e. The Morgan fingerprint density at radius 2 is 1.79 bits per heavy atom. The molecule has 5 rings (SSSR count). The van der Waals surface area contributed by atoms with Crippen molar-refractivity contribution in [2.75, 3.05) is 13.3 Å². The average molecular weight is 446 g/mol. The number of fused-ring (bicyclic) bond motifs is 2. The first-order valence-electron chi connectivity index (χ1n) is 10.5. The standard InChI is InChI=1S/C25H22N2O6/c1-25(2,16-6-8-20-21(11-16)33-14-32-20)13-26-22(28)15-5-7-18-19(10-15)24(30)27(23(18)29)12-17-4-3-9-31-17/h3-11H,12-14H2,1-2H3,(H,26,28). The summed E-state index contributed by atoms with van der Waals surface area (Å²) < 4.78 is 16.1. The second kappa shape index (κ2) is 7.81. The van der Waals surface area contributed by atoms with E-state index in [0.717, 1.165) is 10.5 Å². The van der Waals surface area contributed by atoms with Crippen LogP contribution >= 0.6 is 0 Å². The summed E-state index contributed by atoms with van der Waals surface area (Å²) in [5, 5.41) is 2.93. The molecule has 0 bridgehead atoms. The number of hydrogen-bond donors (Lipinski definition) is 1. The minimum absolute atomic E-state index is 0.0462. The van der Waals surface area contributed by atoms with Crippen LogP contribution in [0.5, 0.6) is 11.5 Å². The normalized spacial score (nSPS) is 14.5. The van der Waals surface area contributed by atoms with Gasteiger partial charge in [-0.15, -0.1) is 0 Å². The summed E-state index contributed by atoms with van der Waals surface area (Å²) in [5.41, 5.74) is 1.43. The number of amides is 3. The van der Waals surface area contributed by atoms with Gasteiger partial charge in [0.2, 0.25) is 6.79 Å². The minimum Gasteiger partial charge on any atom is -0.467 e. The zero-order chi connectivity index (χ0) is 23.2. The number of carbonyl (C=O) groups is 3. The fraction of sp³-hybridized carbons (Fsp3) is 0.240. The van der Waals surface area contributed by atoms with Crippen LogP contribution in [0.4, 0.5) is 0 Å². The number of nitrogens with one attached hydrogen (secondary N) is 1. The molecule has 2 aliphatic heterocycles. The maximum atomic E-state index is 12.9. The molecule has 0 saturated carbocycles. The van der Waals surface area contributed by atoms with Crippen molar-refractivity contribution >= 4 is 17.7 Å². The van der Waals surface area contributed by atoms with E-state index in [1.54, 1.807) is 18.2 Å². The molecule has 0 spiro atoms. The lowest BCUT2D eigenvalue weighted by molar-refractivity contribution is 0.0631. The van der Waals surface area contributed by atoms with Gasteiger partial charge in [-0.3, -0.25) is 19.3 Å². The van der Waals surface area contributed by atoms with Crippen molar-refractivity contribution in [1.29, 1.82) is 0 Å². The maximum absolute atomic E-state index is 12.9. The number of ether oxygens (including phenoxy) is 2. The molecule has 0 saturated heterocycles. The molecule has 8 heteroatoms. The molecule has 0 unspecified atom stereocenters. The van der Waals surface area contributed by atoms with Gasteiger partial charge in [-0.2, -0.15) is 0 Å². The number of nitrogens with zero attached hydrogens (tertiary/aromatic N) is 1. The molecule has 3 amide bonds. The first-order chi connectivity index (χ1) is 15.8. The van der Waals surface area contributed by atoms with Gasteiger partial charge in [0.25, 0.3) is 17.7 Å². The highest BCUT2D eigenvalue weighted by Crippen LogP contribution is 2.36. The van der Waals surface area contributed by atoms with Crippen LogP contribution in [-0.2, 0) is 12.0 Å². The van der Waals surface area contributed by atoms with Crippen LogP contribution in [-0.4, -0.2) is 36.0 Å². The van der Waals surface area contributed by atoms with Crippen molar-refractivity contribution in [3.63, 3.8) is 0 Å². The zero-order valence-electron chi connectivity index (χ0n) is 18.2. The molecule has 0 radical (unpaired) electrons. The molecular weight excluding hydrogens is 424 g/mol. The van der Waals surface area contributed by atoms with Crippen LogP contribution < -0.4 is 14.8 Å². The predicted octanol–water partition coefficient (Wildman–Crippen LogP) is 3.51. The van der Waals surface area contributed by atoms with Gasteiger partial charge in [0, 0.05) is 17.5 Å². The van der Waals surface area contributed by atoms with E-state index in [0.29, 0.717) is 29.4 Å². The summed E-state index contributed by atoms with van der Waals surface area (Å²) in [6.07, 6.45) is 1.49. The van der Waals surface area contributed by atoms with Crippen LogP contribution in [0.3, 0.4) is 0 Å². The van der Waals surface area contributed by atoms with Gasteiger partial charge >= 0.3 is 0 Å². The molecule has 3 aromatic rings. The second-order valence-electron chi connectivity index (χ2n) is 8.67. The summed E-state index contributed by atoms with van der Waals surface area (Å²) in [6, 6.07) is 13.7. The van der Waals surface area contributed by atoms with Gasteiger partial charge in [0.1, 0.15) is 5.76 Å². The Bertz CT molecular complexity index is 1260. The second-order valence-corrected chi connectivity index (χ2v) is 8.67. The van der Waals surface area contributed by atoms with E-state index in [-0.39, 0.29) is 35.8 Å².